The van der Waals surface area contributed by atoms with Crippen molar-refractivity contribution in [2.45, 2.75) is 13.5 Å². The van der Waals surface area contributed by atoms with Crippen LogP contribution in [0.15, 0.2) is 30.9 Å². The summed E-state index contributed by atoms with van der Waals surface area (Å²) in [5.41, 5.74) is 2.38. The minimum absolute atomic E-state index is 0.731. The molecule has 0 fully saturated rings. The maximum Gasteiger partial charge on any atom is 0.131 e. The van der Waals surface area contributed by atoms with Crippen LogP contribution in [0.4, 0.5) is 11.6 Å². The van der Waals surface area contributed by atoms with Crippen molar-refractivity contribution in [1.82, 2.24) is 15.0 Å². The molecule has 0 aliphatic heterocycles. The van der Waals surface area contributed by atoms with E-state index in [-0.39, 0.29) is 0 Å². The molecule has 0 bridgehead atoms. The van der Waals surface area contributed by atoms with Crippen LogP contribution in [0.5, 0.6) is 0 Å². The van der Waals surface area contributed by atoms with Crippen molar-refractivity contribution in [3.8, 4) is 0 Å². The molecule has 17 heavy (non-hydrogen) atoms. The smallest absolute Gasteiger partial charge is 0.131 e. The van der Waals surface area contributed by atoms with Gasteiger partial charge < -0.3 is 10.6 Å². The SMILES string of the molecule is CNc1cc(NCc2ccncc2C)ncn1. The monoisotopic (exact) mass is 229 g/mol. The number of pyridine rings is 1. The molecule has 0 atom stereocenters. The standard InChI is InChI=1S/C12H15N5/c1-9-6-14-4-3-10(9)7-15-12-5-11(13-2)16-8-17-12/h3-6,8H,7H2,1-2H3,(H2,13,15,16,17). The van der Waals surface area contributed by atoms with Gasteiger partial charge in [0.15, 0.2) is 0 Å². The molecule has 0 saturated carbocycles. The van der Waals surface area contributed by atoms with Crippen LogP contribution in [-0.4, -0.2) is 22.0 Å². The van der Waals surface area contributed by atoms with E-state index in [2.05, 4.69) is 25.6 Å². The van der Waals surface area contributed by atoms with E-state index in [9.17, 15) is 0 Å². The lowest BCUT2D eigenvalue weighted by molar-refractivity contribution is 1.05. The third-order valence-corrected chi connectivity index (χ3v) is 2.52. The lowest BCUT2D eigenvalue weighted by atomic mass is 10.1. The zero-order chi connectivity index (χ0) is 12.1. The molecule has 0 aliphatic carbocycles. The first-order valence-electron chi connectivity index (χ1n) is 5.43. The summed E-state index contributed by atoms with van der Waals surface area (Å²) in [6.07, 6.45) is 5.19. The van der Waals surface area contributed by atoms with Crippen LogP contribution in [0.25, 0.3) is 0 Å². The first kappa shape index (κ1) is 11.3. The average molecular weight is 229 g/mol. The van der Waals surface area contributed by atoms with E-state index in [1.165, 1.54) is 17.5 Å². The number of nitrogens with one attached hydrogen (secondary N) is 2. The fourth-order valence-corrected chi connectivity index (χ4v) is 1.48. The van der Waals surface area contributed by atoms with Crippen LogP contribution in [0.1, 0.15) is 11.1 Å². The van der Waals surface area contributed by atoms with Crippen LogP contribution in [0.3, 0.4) is 0 Å². The quantitative estimate of drug-likeness (QED) is 0.837. The van der Waals surface area contributed by atoms with Crippen molar-refractivity contribution >= 4 is 11.6 Å². The Balaban J connectivity index is 2.05. The Hall–Kier alpha value is -2.17. The van der Waals surface area contributed by atoms with Gasteiger partial charge in [-0.15, -0.1) is 0 Å². The molecule has 88 valence electrons. The summed E-state index contributed by atoms with van der Waals surface area (Å²) in [6.45, 7) is 2.78. The highest BCUT2D eigenvalue weighted by molar-refractivity contribution is 5.46. The lowest BCUT2D eigenvalue weighted by Gasteiger charge is -2.08. The predicted molar refractivity (Wildman–Crippen MR) is 67.9 cm³/mol. The molecule has 0 aromatic carbocycles. The van der Waals surface area contributed by atoms with Crippen molar-refractivity contribution < 1.29 is 0 Å². The van der Waals surface area contributed by atoms with Gasteiger partial charge in [-0.2, -0.15) is 0 Å². The topological polar surface area (TPSA) is 62.7 Å². The molecule has 2 aromatic rings. The largest absolute Gasteiger partial charge is 0.373 e. The molecule has 0 spiro atoms. The van der Waals surface area contributed by atoms with E-state index in [0.29, 0.717) is 0 Å². The van der Waals surface area contributed by atoms with Crippen molar-refractivity contribution in [2.24, 2.45) is 0 Å². The minimum atomic E-state index is 0.731. The molecule has 0 unspecified atom stereocenters. The Morgan fingerprint density at radius 1 is 1.24 bits per heavy atom. The number of hydrogen-bond donors (Lipinski definition) is 2. The van der Waals surface area contributed by atoms with Crippen molar-refractivity contribution in [3.63, 3.8) is 0 Å². The van der Waals surface area contributed by atoms with Gasteiger partial charge in [0.1, 0.15) is 18.0 Å². The molecule has 0 aliphatic rings. The van der Waals surface area contributed by atoms with Crippen LogP contribution < -0.4 is 10.6 Å². The molecule has 2 N–H and O–H groups in total. The molecule has 0 radical (unpaired) electrons. The maximum absolute atomic E-state index is 4.15. The van der Waals surface area contributed by atoms with Crippen LogP contribution >= 0.6 is 0 Å². The summed E-state index contributed by atoms with van der Waals surface area (Å²) in [4.78, 5) is 12.3. The van der Waals surface area contributed by atoms with Crippen LogP contribution in [0.2, 0.25) is 0 Å². The first-order chi connectivity index (χ1) is 8.29. The van der Waals surface area contributed by atoms with E-state index >= 15 is 0 Å². The van der Waals surface area contributed by atoms with Gasteiger partial charge in [0, 0.05) is 32.1 Å². The highest BCUT2D eigenvalue weighted by atomic mass is 15.0. The van der Waals surface area contributed by atoms with Crippen molar-refractivity contribution in [2.75, 3.05) is 17.7 Å². The van der Waals surface area contributed by atoms with Gasteiger partial charge in [-0.25, -0.2) is 9.97 Å². The maximum atomic E-state index is 4.15. The molecule has 2 rings (SSSR count). The molecule has 5 nitrogen and oxygen atoms in total. The lowest BCUT2D eigenvalue weighted by Crippen LogP contribution is -2.04. The Morgan fingerprint density at radius 2 is 2.06 bits per heavy atom. The highest BCUT2D eigenvalue weighted by Gasteiger charge is 1.99. The zero-order valence-electron chi connectivity index (χ0n) is 9.94. The highest BCUT2D eigenvalue weighted by Crippen LogP contribution is 2.11. The molecular weight excluding hydrogens is 214 g/mol. The molecule has 2 heterocycles. The number of aromatic nitrogens is 3. The van der Waals surface area contributed by atoms with Gasteiger partial charge in [0.2, 0.25) is 0 Å². The predicted octanol–water partition coefficient (Wildman–Crippen LogP) is 1.83. The summed E-state index contributed by atoms with van der Waals surface area (Å²) >= 11 is 0. The van der Waals surface area contributed by atoms with Gasteiger partial charge in [-0.05, 0) is 24.1 Å². The second-order valence-electron chi connectivity index (χ2n) is 3.69. The van der Waals surface area contributed by atoms with Gasteiger partial charge >= 0.3 is 0 Å². The second-order valence-corrected chi connectivity index (χ2v) is 3.69. The van der Waals surface area contributed by atoms with Gasteiger partial charge in [0.25, 0.3) is 0 Å². The number of rotatable bonds is 4. The molecule has 0 saturated heterocycles. The summed E-state index contributed by atoms with van der Waals surface area (Å²) in [6, 6.07) is 3.87. The third kappa shape index (κ3) is 2.90. The number of nitrogens with zero attached hydrogens (tertiary/aromatic N) is 3. The fourth-order valence-electron chi connectivity index (χ4n) is 1.48. The Bertz CT molecular complexity index is 498. The Morgan fingerprint density at radius 3 is 2.82 bits per heavy atom. The number of aryl methyl sites for hydroxylation is 1. The van der Waals surface area contributed by atoms with E-state index in [1.807, 2.05) is 32.3 Å². The fraction of sp³-hybridized carbons (Fsp3) is 0.250. The molecule has 2 aromatic heterocycles. The summed E-state index contributed by atoms with van der Waals surface area (Å²) in [7, 11) is 1.83. The second kappa shape index (κ2) is 5.25. The molecular formula is C12H15N5. The normalized spacial score (nSPS) is 10.0. The average Bonchev–Trinajstić information content (AvgIpc) is 2.38. The van der Waals surface area contributed by atoms with Crippen LogP contribution in [-0.2, 0) is 6.54 Å². The van der Waals surface area contributed by atoms with E-state index in [1.54, 1.807) is 6.20 Å². The summed E-state index contributed by atoms with van der Waals surface area (Å²) in [5, 5.41) is 6.23. The Kier molecular flexibility index (Phi) is 3.49. The molecule has 5 heteroatoms. The van der Waals surface area contributed by atoms with E-state index in [4.69, 9.17) is 0 Å². The van der Waals surface area contributed by atoms with Crippen LogP contribution in [0, 0.1) is 6.92 Å². The Labute approximate surface area is 100 Å². The van der Waals surface area contributed by atoms with Crippen molar-refractivity contribution in [3.05, 3.63) is 42.0 Å². The number of hydrogen-bond acceptors (Lipinski definition) is 5. The van der Waals surface area contributed by atoms with Gasteiger partial charge in [-0.3, -0.25) is 4.98 Å². The zero-order valence-corrected chi connectivity index (χ0v) is 9.94. The summed E-state index contributed by atoms with van der Waals surface area (Å²) < 4.78 is 0. The minimum Gasteiger partial charge on any atom is -0.373 e. The number of anilines is 2. The van der Waals surface area contributed by atoms with E-state index in [0.717, 1.165) is 18.2 Å². The first-order valence-corrected chi connectivity index (χ1v) is 5.43. The van der Waals surface area contributed by atoms with Crippen molar-refractivity contribution in [1.29, 1.82) is 0 Å². The third-order valence-electron chi connectivity index (χ3n) is 2.52. The molecule has 0 amide bonds. The van der Waals surface area contributed by atoms with E-state index < -0.39 is 0 Å². The van der Waals surface area contributed by atoms with Gasteiger partial charge in [-0.1, -0.05) is 0 Å². The van der Waals surface area contributed by atoms with Gasteiger partial charge in [0.05, 0.1) is 0 Å². The summed E-state index contributed by atoms with van der Waals surface area (Å²) in [5.74, 6) is 1.61.